The minimum atomic E-state index is -1.81. The van der Waals surface area contributed by atoms with Crippen LogP contribution < -0.4 is 14.2 Å². The molecular weight excluding hydrogens is 860 g/mol. The number of aliphatic hydroxyl groups excluding tert-OH is 9. The van der Waals surface area contributed by atoms with E-state index in [4.69, 9.17) is 37.9 Å². The van der Waals surface area contributed by atoms with Crippen molar-refractivity contribution >= 4 is 11.8 Å². The Kier molecular flexibility index (Phi) is 18.2. The molecule has 20 heteroatoms. The molecule has 16 atom stereocenters. The van der Waals surface area contributed by atoms with Crippen molar-refractivity contribution in [1.82, 2.24) is 0 Å². The van der Waals surface area contributed by atoms with E-state index in [1.165, 1.54) is 57.2 Å². The second-order valence-corrected chi connectivity index (χ2v) is 17.1. The van der Waals surface area contributed by atoms with Gasteiger partial charge in [0.25, 0.3) is 0 Å². The normalized spacial score (nSPS) is 34.9. The van der Waals surface area contributed by atoms with Gasteiger partial charge in [-0.15, -0.1) is 0 Å². The second-order valence-electron chi connectivity index (χ2n) is 17.1. The van der Waals surface area contributed by atoms with Crippen LogP contribution in [0.1, 0.15) is 107 Å². The van der Waals surface area contributed by atoms with E-state index in [2.05, 4.69) is 6.92 Å². The monoisotopic (exact) mass is 924 g/mol. The average Bonchev–Trinajstić information content (AvgIpc) is 3.28. The third-order valence-corrected chi connectivity index (χ3v) is 12.2. The van der Waals surface area contributed by atoms with Crippen LogP contribution in [0.2, 0.25) is 0 Å². The number of carbonyl (C=O) groups is 2. The van der Waals surface area contributed by atoms with Gasteiger partial charge in [-0.1, -0.05) is 70.4 Å². The van der Waals surface area contributed by atoms with Crippen molar-refractivity contribution in [2.45, 2.75) is 183 Å². The summed E-state index contributed by atoms with van der Waals surface area (Å²) in [5.41, 5.74) is 0.335. The molecule has 4 aliphatic heterocycles. The van der Waals surface area contributed by atoms with E-state index in [-0.39, 0.29) is 42.3 Å². The fraction of sp³-hybridized carbons (Fsp3) is 0.689. The molecule has 364 valence electrons. The lowest BCUT2D eigenvalue weighted by molar-refractivity contribution is -0.354. The number of phenolic OH excluding ortho intramolecular Hbond substituents is 1. The second kappa shape index (κ2) is 23.3. The molecule has 2 aromatic rings. The van der Waals surface area contributed by atoms with E-state index in [9.17, 15) is 60.7 Å². The van der Waals surface area contributed by atoms with Gasteiger partial charge in [-0.2, -0.15) is 0 Å². The van der Waals surface area contributed by atoms with Crippen LogP contribution >= 0.6 is 0 Å². The number of esters is 1. The number of ether oxygens (including phenoxy) is 8. The summed E-state index contributed by atoms with van der Waals surface area (Å²) in [5, 5.41) is 105. The molecule has 3 saturated heterocycles. The van der Waals surface area contributed by atoms with Crippen LogP contribution in [0.15, 0.2) is 36.4 Å². The molecule has 0 aromatic heterocycles. The summed E-state index contributed by atoms with van der Waals surface area (Å²) in [6.45, 7) is 2.46. The third kappa shape index (κ3) is 12.4. The van der Waals surface area contributed by atoms with Crippen molar-refractivity contribution in [2.24, 2.45) is 0 Å². The zero-order chi connectivity index (χ0) is 46.9. The van der Waals surface area contributed by atoms with Gasteiger partial charge in [-0.3, -0.25) is 9.59 Å². The molecule has 0 radical (unpaired) electrons. The molecule has 3 fully saturated rings. The Balaban J connectivity index is 1.06. The van der Waals surface area contributed by atoms with Crippen molar-refractivity contribution in [1.29, 1.82) is 0 Å². The summed E-state index contributed by atoms with van der Waals surface area (Å²) in [6.07, 6.45) is -14.5. The highest BCUT2D eigenvalue weighted by Crippen LogP contribution is 2.43. The molecule has 6 rings (SSSR count). The van der Waals surface area contributed by atoms with Gasteiger partial charge in [-0.05, 0) is 31.0 Å². The van der Waals surface area contributed by atoms with Crippen LogP contribution in [-0.4, -0.2) is 168 Å². The highest BCUT2D eigenvalue weighted by Gasteiger charge is 2.51. The van der Waals surface area contributed by atoms with Crippen molar-refractivity contribution < 1.29 is 98.5 Å². The molecule has 20 nitrogen and oxygen atoms in total. The van der Waals surface area contributed by atoms with E-state index >= 15 is 0 Å². The fourth-order valence-electron chi connectivity index (χ4n) is 8.25. The van der Waals surface area contributed by atoms with Crippen LogP contribution in [0.25, 0.3) is 0 Å². The van der Waals surface area contributed by atoms with Crippen LogP contribution in [0, 0.1) is 0 Å². The summed E-state index contributed by atoms with van der Waals surface area (Å²) in [5.74, 6) is -1.59. The highest BCUT2D eigenvalue weighted by atomic mass is 16.8. The predicted molar refractivity (Wildman–Crippen MR) is 223 cm³/mol. The van der Waals surface area contributed by atoms with Crippen molar-refractivity contribution in [2.75, 3.05) is 13.2 Å². The first-order valence-electron chi connectivity index (χ1n) is 22.4. The lowest BCUT2D eigenvalue weighted by atomic mass is 9.95. The Morgan fingerprint density at radius 1 is 0.677 bits per heavy atom. The van der Waals surface area contributed by atoms with Crippen molar-refractivity contribution in [3.8, 4) is 23.0 Å². The topological polar surface area (TPSA) is 310 Å². The minimum absolute atomic E-state index is 0.0997. The summed E-state index contributed by atoms with van der Waals surface area (Å²) < 4.78 is 45.9. The van der Waals surface area contributed by atoms with Crippen LogP contribution in [-0.2, 0) is 28.5 Å². The Hall–Kier alpha value is -3.74. The predicted octanol–water partition coefficient (Wildman–Crippen LogP) is 0.780. The maximum absolute atomic E-state index is 13.4. The lowest BCUT2D eigenvalue weighted by Crippen LogP contribution is -2.64. The number of aromatic hydroxyl groups is 1. The van der Waals surface area contributed by atoms with Gasteiger partial charge in [0.15, 0.2) is 18.2 Å². The summed E-state index contributed by atoms with van der Waals surface area (Å²) in [6, 6.07) is 8.48. The number of benzene rings is 2. The molecule has 4 heterocycles. The molecule has 0 spiro atoms. The summed E-state index contributed by atoms with van der Waals surface area (Å²) >= 11 is 0. The molecular formula is C45H64O20. The Morgan fingerprint density at radius 3 is 1.95 bits per heavy atom. The Bertz CT molecular complexity index is 1830. The molecule has 4 aliphatic rings. The van der Waals surface area contributed by atoms with Gasteiger partial charge in [0, 0.05) is 18.6 Å². The van der Waals surface area contributed by atoms with E-state index < -0.39 is 122 Å². The molecule has 0 bridgehead atoms. The Labute approximate surface area is 376 Å². The van der Waals surface area contributed by atoms with Gasteiger partial charge in [0.05, 0.1) is 19.1 Å². The van der Waals surface area contributed by atoms with Gasteiger partial charge in [0.2, 0.25) is 12.6 Å². The molecule has 0 saturated carbocycles. The zero-order valence-corrected chi connectivity index (χ0v) is 36.4. The first-order valence-corrected chi connectivity index (χ1v) is 22.4. The number of aliphatic hydroxyl groups is 9. The lowest BCUT2D eigenvalue weighted by Gasteiger charge is -2.45. The number of carbonyl (C=O) groups excluding carboxylic acids is 2. The number of unbranched alkanes of at least 4 members (excludes halogenated alkanes) is 8. The van der Waals surface area contributed by atoms with Gasteiger partial charge >= 0.3 is 5.97 Å². The molecule has 65 heavy (non-hydrogen) atoms. The largest absolute Gasteiger partial charge is 0.507 e. The first kappa shape index (κ1) is 50.7. The van der Waals surface area contributed by atoms with Crippen LogP contribution in [0.4, 0.5) is 0 Å². The maximum Gasteiger partial charge on any atom is 0.305 e. The number of hydrogen-bond acceptors (Lipinski definition) is 20. The third-order valence-electron chi connectivity index (χ3n) is 12.2. The maximum atomic E-state index is 13.4. The SMILES string of the molecule is CCCCCCCCCCCC(=O)OC[C@H]1O[C@@H](Oc2ccc([C@@H]3CC(=O)c4c(O)cc(O[C@@H]5O[C@H](CO)[C@@H](O)[C@H](O)[C@H]5O[C@@H]5O[C@@H](C)[C@H](O)[C@@H](O)[C@H]5O)cc4O3)cc2)[C@H](O)[C@@H](O)[C@@H]1O. The summed E-state index contributed by atoms with van der Waals surface area (Å²) in [4.78, 5) is 25.8. The van der Waals surface area contributed by atoms with Crippen molar-refractivity contribution in [3.05, 3.63) is 47.5 Å². The highest BCUT2D eigenvalue weighted by molar-refractivity contribution is 6.02. The van der Waals surface area contributed by atoms with Crippen molar-refractivity contribution in [3.63, 3.8) is 0 Å². The number of fused-ring (bicyclic) bond motifs is 1. The van der Waals surface area contributed by atoms with Gasteiger partial charge in [-0.25, -0.2) is 0 Å². The molecule has 0 unspecified atom stereocenters. The smallest absolute Gasteiger partial charge is 0.305 e. The van der Waals surface area contributed by atoms with E-state index in [1.807, 2.05) is 0 Å². The Morgan fingerprint density at radius 2 is 1.28 bits per heavy atom. The molecule has 0 aliphatic carbocycles. The summed E-state index contributed by atoms with van der Waals surface area (Å²) in [7, 11) is 0. The number of phenols is 1. The first-order chi connectivity index (χ1) is 31.1. The van der Waals surface area contributed by atoms with E-state index in [1.54, 1.807) is 12.1 Å². The quantitative estimate of drug-likeness (QED) is 0.0648. The fourth-order valence-corrected chi connectivity index (χ4v) is 8.25. The number of ketones is 1. The van der Waals surface area contributed by atoms with E-state index in [0.717, 1.165) is 25.3 Å². The number of rotatable bonds is 20. The minimum Gasteiger partial charge on any atom is -0.507 e. The van der Waals surface area contributed by atoms with Crippen LogP contribution in [0.3, 0.4) is 0 Å². The number of Topliss-reactive ketones (excluding diaryl/α,β-unsaturated/α-hetero) is 1. The van der Waals surface area contributed by atoms with Gasteiger partial charge < -0.3 is 89.0 Å². The van der Waals surface area contributed by atoms with Gasteiger partial charge in [0.1, 0.15) is 102 Å². The molecule has 0 amide bonds. The molecule has 10 N–H and O–H groups in total. The zero-order valence-electron chi connectivity index (χ0n) is 36.4. The van der Waals surface area contributed by atoms with E-state index in [0.29, 0.717) is 12.0 Å². The number of hydrogen-bond donors (Lipinski definition) is 10. The van der Waals surface area contributed by atoms with Crippen LogP contribution in [0.5, 0.6) is 23.0 Å². The molecule has 2 aromatic carbocycles. The standard InChI is InChI=1S/C45H64O20/c1-3-4-5-6-7-8-9-10-11-12-32(49)58-21-31-36(52)38(54)41(57)44(64-31)60-24-15-13-23(14-16-24)28-19-27(48)33-26(47)17-25(18-29(33)62-28)61-45-42(39(55)35(51)30(20-46)63-45)65-43-40(56)37(53)34(50)22(2)59-43/h13-18,22,28,30-31,34-47,50-57H,3-12,19-21H2,1-2H3/t22-,28-,30+,31+,34-,35+,36+,37+,38-,39-,40+,41+,42+,43-,44+,45+/m0/s1. The average molecular weight is 925 g/mol.